The van der Waals surface area contributed by atoms with E-state index in [1.165, 1.54) is 0 Å². The first-order valence-electron chi connectivity index (χ1n) is 4.63. The van der Waals surface area contributed by atoms with E-state index in [1.54, 1.807) is 11.8 Å². The Labute approximate surface area is 87.6 Å². The highest BCUT2D eigenvalue weighted by Gasteiger charge is 2.23. The lowest BCUT2D eigenvalue weighted by Gasteiger charge is -2.06. The van der Waals surface area contributed by atoms with Gasteiger partial charge in [0.1, 0.15) is 5.75 Å². The minimum absolute atomic E-state index is 0.384. The van der Waals surface area contributed by atoms with Gasteiger partial charge in [-0.25, -0.2) is 0 Å². The summed E-state index contributed by atoms with van der Waals surface area (Å²) in [6.07, 6.45) is 5.51. The maximum atomic E-state index is 10.8. The van der Waals surface area contributed by atoms with Crippen LogP contribution < -0.4 is 4.74 Å². The minimum atomic E-state index is 0.384. The number of rotatable bonds is 4. The Hall–Kier alpha value is -0.960. The smallest absolute Gasteiger partial charge is 0.151 e. The third kappa shape index (κ3) is 2.10. The van der Waals surface area contributed by atoms with Crippen molar-refractivity contribution in [1.29, 1.82) is 0 Å². The molecule has 0 bridgehead atoms. The molecule has 1 aliphatic carbocycles. The second-order valence-electron chi connectivity index (χ2n) is 3.34. The molecule has 1 aliphatic rings. The van der Waals surface area contributed by atoms with Crippen LogP contribution in [0.15, 0.2) is 23.1 Å². The summed E-state index contributed by atoms with van der Waals surface area (Å²) in [5.41, 5.74) is 0.718. The van der Waals surface area contributed by atoms with E-state index in [-0.39, 0.29) is 0 Å². The van der Waals surface area contributed by atoms with Crippen LogP contribution in [0.25, 0.3) is 0 Å². The molecule has 0 atom stereocenters. The summed E-state index contributed by atoms with van der Waals surface area (Å²) in [6, 6.07) is 5.68. The predicted molar refractivity (Wildman–Crippen MR) is 57.3 cm³/mol. The molecule has 0 N–H and O–H groups in total. The van der Waals surface area contributed by atoms with Crippen molar-refractivity contribution in [3.8, 4) is 5.75 Å². The van der Waals surface area contributed by atoms with Crippen LogP contribution in [0.5, 0.6) is 5.75 Å². The maximum Gasteiger partial charge on any atom is 0.151 e. The van der Waals surface area contributed by atoms with E-state index in [9.17, 15) is 4.79 Å². The fraction of sp³-hybridized carbons (Fsp3) is 0.364. The number of aldehydes is 1. The number of hydrogen-bond donors (Lipinski definition) is 0. The first-order chi connectivity index (χ1) is 6.83. The van der Waals surface area contributed by atoms with Crippen LogP contribution in [-0.2, 0) is 0 Å². The number of hydrogen-bond acceptors (Lipinski definition) is 3. The molecule has 0 aliphatic heterocycles. The van der Waals surface area contributed by atoms with E-state index < -0.39 is 0 Å². The zero-order valence-electron chi connectivity index (χ0n) is 8.03. The van der Waals surface area contributed by atoms with Crippen molar-refractivity contribution in [2.24, 2.45) is 0 Å². The van der Waals surface area contributed by atoms with Crippen molar-refractivity contribution in [2.75, 3.05) is 6.26 Å². The monoisotopic (exact) mass is 208 g/mol. The summed E-state index contributed by atoms with van der Waals surface area (Å²) >= 11 is 1.58. The van der Waals surface area contributed by atoms with Crippen molar-refractivity contribution in [3.05, 3.63) is 23.8 Å². The number of benzene rings is 1. The van der Waals surface area contributed by atoms with E-state index in [2.05, 4.69) is 0 Å². The van der Waals surface area contributed by atoms with Gasteiger partial charge in [0.15, 0.2) is 6.29 Å². The Balaban J connectivity index is 2.21. The molecule has 0 unspecified atom stereocenters. The van der Waals surface area contributed by atoms with E-state index in [1.807, 2.05) is 24.5 Å². The van der Waals surface area contributed by atoms with Crippen LogP contribution in [0.2, 0.25) is 0 Å². The molecule has 0 saturated heterocycles. The van der Waals surface area contributed by atoms with Crippen molar-refractivity contribution in [1.82, 2.24) is 0 Å². The molecule has 3 heteroatoms. The maximum absolute atomic E-state index is 10.8. The molecule has 0 heterocycles. The fourth-order valence-corrected chi connectivity index (χ4v) is 1.80. The highest BCUT2D eigenvalue weighted by atomic mass is 32.2. The quantitative estimate of drug-likeness (QED) is 0.562. The first kappa shape index (κ1) is 9.59. The molecule has 1 aromatic carbocycles. The molecule has 2 rings (SSSR count). The van der Waals surface area contributed by atoms with Gasteiger partial charge >= 0.3 is 0 Å². The molecule has 74 valence electrons. The predicted octanol–water partition coefficient (Wildman–Crippen LogP) is 2.76. The average molecular weight is 208 g/mol. The van der Waals surface area contributed by atoms with Crippen LogP contribution >= 0.6 is 11.8 Å². The topological polar surface area (TPSA) is 26.3 Å². The van der Waals surface area contributed by atoms with E-state index in [0.29, 0.717) is 6.10 Å². The van der Waals surface area contributed by atoms with E-state index in [4.69, 9.17) is 4.74 Å². The molecule has 1 saturated carbocycles. The summed E-state index contributed by atoms with van der Waals surface area (Å²) in [5.74, 6) is 0.812. The molecular formula is C11H12O2S. The molecular weight excluding hydrogens is 196 g/mol. The summed E-state index contributed by atoms with van der Waals surface area (Å²) < 4.78 is 5.60. The van der Waals surface area contributed by atoms with Crippen LogP contribution in [0.3, 0.4) is 0 Å². The SMILES string of the molecule is CSc1ccc(OC2CC2)cc1C=O. The van der Waals surface area contributed by atoms with Gasteiger partial charge in [-0.15, -0.1) is 11.8 Å². The largest absolute Gasteiger partial charge is 0.490 e. The van der Waals surface area contributed by atoms with Gasteiger partial charge < -0.3 is 4.74 Å². The van der Waals surface area contributed by atoms with Gasteiger partial charge in [0.25, 0.3) is 0 Å². The number of thioether (sulfide) groups is 1. The fourth-order valence-electron chi connectivity index (χ4n) is 1.26. The molecule has 0 radical (unpaired) electrons. The lowest BCUT2D eigenvalue weighted by atomic mass is 10.2. The lowest BCUT2D eigenvalue weighted by Crippen LogP contribution is -1.96. The third-order valence-electron chi connectivity index (χ3n) is 2.16. The summed E-state index contributed by atoms with van der Waals surface area (Å²) in [6.45, 7) is 0. The zero-order valence-corrected chi connectivity index (χ0v) is 8.84. The second-order valence-corrected chi connectivity index (χ2v) is 4.19. The molecule has 0 aromatic heterocycles. The number of carbonyl (C=O) groups excluding carboxylic acids is 1. The second kappa shape index (κ2) is 4.05. The van der Waals surface area contributed by atoms with Crippen molar-refractivity contribution >= 4 is 18.0 Å². The number of carbonyl (C=O) groups is 1. The average Bonchev–Trinajstić information content (AvgIpc) is 3.01. The Bertz CT molecular complexity index is 345. The Kier molecular flexibility index (Phi) is 2.77. The van der Waals surface area contributed by atoms with Crippen molar-refractivity contribution in [2.45, 2.75) is 23.8 Å². The minimum Gasteiger partial charge on any atom is -0.490 e. The Morgan fingerprint density at radius 1 is 1.50 bits per heavy atom. The highest BCUT2D eigenvalue weighted by molar-refractivity contribution is 7.98. The van der Waals surface area contributed by atoms with Gasteiger partial charge in [-0.2, -0.15) is 0 Å². The van der Waals surface area contributed by atoms with Crippen LogP contribution in [0, 0.1) is 0 Å². The van der Waals surface area contributed by atoms with Gasteiger partial charge in [0, 0.05) is 10.5 Å². The summed E-state index contributed by atoms with van der Waals surface area (Å²) in [4.78, 5) is 11.8. The van der Waals surface area contributed by atoms with E-state index in [0.717, 1.165) is 35.3 Å². The van der Waals surface area contributed by atoms with Gasteiger partial charge in [-0.05, 0) is 37.3 Å². The normalized spacial score (nSPS) is 15.2. The third-order valence-corrected chi connectivity index (χ3v) is 2.97. The Morgan fingerprint density at radius 3 is 2.86 bits per heavy atom. The highest BCUT2D eigenvalue weighted by Crippen LogP contribution is 2.29. The van der Waals surface area contributed by atoms with Crippen LogP contribution in [0.4, 0.5) is 0 Å². The molecule has 2 nitrogen and oxygen atoms in total. The van der Waals surface area contributed by atoms with E-state index >= 15 is 0 Å². The van der Waals surface area contributed by atoms with Gasteiger partial charge in [-0.1, -0.05) is 0 Å². The van der Waals surface area contributed by atoms with Gasteiger partial charge in [-0.3, -0.25) is 4.79 Å². The van der Waals surface area contributed by atoms with Crippen LogP contribution in [0.1, 0.15) is 23.2 Å². The summed E-state index contributed by atoms with van der Waals surface area (Å²) in [5, 5.41) is 0. The molecule has 1 aromatic rings. The van der Waals surface area contributed by atoms with Crippen molar-refractivity contribution < 1.29 is 9.53 Å². The van der Waals surface area contributed by atoms with Gasteiger partial charge in [0.05, 0.1) is 6.10 Å². The zero-order chi connectivity index (χ0) is 9.97. The standard InChI is InChI=1S/C11H12O2S/c1-14-11-5-4-10(6-8(11)7-12)13-9-2-3-9/h4-7,9H,2-3H2,1H3. The molecule has 0 spiro atoms. The number of ether oxygens (including phenoxy) is 1. The van der Waals surface area contributed by atoms with Gasteiger partial charge in [0.2, 0.25) is 0 Å². The lowest BCUT2D eigenvalue weighted by molar-refractivity contribution is 0.112. The summed E-state index contributed by atoms with van der Waals surface area (Å²) in [7, 11) is 0. The molecule has 14 heavy (non-hydrogen) atoms. The molecule has 0 amide bonds. The van der Waals surface area contributed by atoms with Crippen molar-refractivity contribution in [3.63, 3.8) is 0 Å². The molecule has 1 fully saturated rings. The Morgan fingerprint density at radius 2 is 2.29 bits per heavy atom. The first-order valence-corrected chi connectivity index (χ1v) is 5.86. The van der Waals surface area contributed by atoms with Crippen LogP contribution in [-0.4, -0.2) is 18.6 Å².